The number of aryl methyl sites for hydroxylation is 1. The Kier molecular flexibility index (Phi) is 5.46. The highest BCUT2D eigenvalue weighted by atomic mass is 32.1. The molecule has 1 atom stereocenters. The van der Waals surface area contributed by atoms with Gasteiger partial charge in [0.2, 0.25) is 5.91 Å². The monoisotopic (exact) mass is 320 g/mol. The molecule has 1 amide bonds. The van der Waals surface area contributed by atoms with Crippen LogP contribution in [0, 0.1) is 11.7 Å². The Labute approximate surface area is 134 Å². The molecule has 0 aliphatic rings. The van der Waals surface area contributed by atoms with E-state index in [2.05, 4.69) is 15.5 Å². The van der Waals surface area contributed by atoms with Gasteiger partial charge in [-0.05, 0) is 32.1 Å². The number of aromatic nitrogens is 3. The fourth-order valence-corrected chi connectivity index (χ4v) is 2.42. The van der Waals surface area contributed by atoms with Crippen molar-refractivity contribution >= 4 is 18.1 Å². The summed E-state index contributed by atoms with van der Waals surface area (Å²) in [7, 11) is 1.60. The lowest BCUT2D eigenvalue weighted by molar-refractivity contribution is -0.122. The van der Waals surface area contributed by atoms with Crippen molar-refractivity contribution in [3.8, 4) is 11.4 Å². The van der Waals surface area contributed by atoms with E-state index in [0.29, 0.717) is 17.2 Å². The fourth-order valence-electron chi connectivity index (χ4n) is 2.22. The molecule has 1 aromatic heterocycles. The second-order valence-corrected chi connectivity index (χ2v) is 5.62. The molecule has 0 saturated heterocycles. The van der Waals surface area contributed by atoms with Gasteiger partial charge in [-0.2, -0.15) is 5.10 Å². The van der Waals surface area contributed by atoms with Crippen LogP contribution < -0.4 is 5.32 Å². The number of hydrogen-bond acceptors (Lipinski definition) is 4. The predicted octanol–water partition coefficient (Wildman–Crippen LogP) is 2.07. The van der Waals surface area contributed by atoms with E-state index < -0.39 is 0 Å². The maximum Gasteiger partial charge on any atom is 0.240 e. The molecule has 0 radical (unpaired) electrons. The molecule has 0 fully saturated rings. The van der Waals surface area contributed by atoms with Gasteiger partial charge in [-0.3, -0.25) is 14.5 Å². The topological polar surface area (TPSA) is 71.9 Å². The van der Waals surface area contributed by atoms with Crippen molar-refractivity contribution in [2.45, 2.75) is 26.4 Å². The summed E-state index contributed by atoms with van der Waals surface area (Å²) in [6.45, 7) is 4.48. The summed E-state index contributed by atoms with van der Waals surface area (Å²) >= 11 is 5.23. The van der Waals surface area contributed by atoms with Crippen molar-refractivity contribution in [2.24, 2.45) is 0 Å². The summed E-state index contributed by atoms with van der Waals surface area (Å²) in [5.74, 6) is 0.527. The molecule has 0 aliphatic heterocycles. The van der Waals surface area contributed by atoms with Gasteiger partial charge in [-0.25, -0.2) is 0 Å². The minimum atomic E-state index is -0.129. The zero-order valence-corrected chi connectivity index (χ0v) is 13.7. The number of carbonyl (C=O) groups excluding carboxylic acids is 1. The average Bonchev–Trinajstić information content (AvgIpc) is 2.80. The van der Waals surface area contributed by atoms with E-state index in [4.69, 9.17) is 17.0 Å². The van der Waals surface area contributed by atoms with Gasteiger partial charge in [-0.15, -0.1) is 0 Å². The number of methoxy groups -OCH3 is 1. The minimum Gasteiger partial charge on any atom is -0.383 e. The lowest BCUT2D eigenvalue weighted by Gasteiger charge is -2.13. The molecule has 6 nitrogen and oxygen atoms in total. The Morgan fingerprint density at radius 2 is 2.32 bits per heavy atom. The van der Waals surface area contributed by atoms with Gasteiger partial charge in [0.15, 0.2) is 10.6 Å². The fraction of sp³-hybridized carbons (Fsp3) is 0.400. The summed E-state index contributed by atoms with van der Waals surface area (Å²) in [6, 6.07) is 7.86. The lowest BCUT2D eigenvalue weighted by atomic mass is 10.1. The van der Waals surface area contributed by atoms with Crippen molar-refractivity contribution in [1.29, 1.82) is 0 Å². The van der Waals surface area contributed by atoms with Crippen LogP contribution in [0.25, 0.3) is 11.4 Å². The van der Waals surface area contributed by atoms with Crippen molar-refractivity contribution in [1.82, 2.24) is 20.1 Å². The molecule has 0 saturated carbocycles. The quantitative estimate of drug-likeness (QED) is 0.799. The third-order valence-electron chi connectivity index (χ3n) is 3.16. The third kappa shape index (κ3) is 4.02. The molecule has 1 heterocycles. The molecule has 2 rings (SSSR count). The van der Waals surface area contributed by atoms with Crippen molar-refractivity contribution in [2.75, 3.05) is 13.7 Å². The third-order valence-corrected chi connectivity index (χ3v) is 3.47. The molecule has 0 aliphatic carbocycles. The van der Waals surface area contributed by atoms with Crippen LogP contribution in [0.5, 0.6) is 0 Å². The van der Waals surface area contributed by atoms with E-state index in [1.807, 2.05) is 38.1 Å². The standard InChI is InChI=1S/C15H20N4O2S/c1-10-5-4-6-12(7-10)14-17-18-15(22)19(14)8-13(20)16-11(2)9-21-3/h4-7,11H,8-9H2,1-3H3,(H,16,20)(H,18,22)/t11-/m1/s1. The SMILES string of the molecule is COC[C@@H](C)NC(=O)Cn1c(-c2cccc(C)c2)n[nH]c1=S. The number of nitrogens with one attached hydrogen (secondary N) is 2. The van der Waals surface area contributed by atoms with E-state index >= 15 is 0 Å². The highest BCUT2D eigenvalue weighted by Gasteiger charge is 2.14. The molecular formula is C15H20N4O2S. The van der Waals surface area contributed by atoms with Crippen LogP contribution in [-0.4, -0.2) is 40.4 Å². The molecule has 22 heavy (non-hydrogen) atoms. The number of aromatic amines is 1. The smallest absolute Gasteiger partial charge is 0.240 e. The summed E-state index contributed by atoms with van der Waals surface area (Å²) in [4.78, 5) is 12.1. The normalized spacial score (nSPS) is 12.1. The first-order valence-electron chi connectivity index (χ1n) is 7.02. The van der Waals surface area contributed by atoms with Crippen LogP contribution in [0.15, 0.2) is 24.3 Å². The number of hydrogen-bond donors (Lipinski definition) is 2. The summed E-state index contributed by atoms with van der Waals surface area (Å²) in [5, 5.41) is 9.85. The van der Waals surface area contributed by atoms with Gasteiger partial charge in [0.25, 0.3) is 0 Å². The van der Waals surface area contributed by atoms with E-state index in [-0.39, 0.29) is 18.5 Å². The van der Waals surface area contributed by atoms with E-state index in [1.165, 1.54) is 0 Å². The van der Waals surface area contributed by atoms with Crippen LogP contribution in [-0.2, 0) is 16.1 Å². The summed E-state index contributed by atoms with van der Waals surface area (Å²) in [5.41, 5.74) is 2.04. The summed E-state index contributed by atoms with van der Waals surface area (Å²) in [6.07, 6.45) is 0. The molecular weight excluding hydrogens is 300 g/mol. The number of amides is 1. The second-order valence-electron chi connectivity index (χ2n) is 5.23. The number of benzene rings is 1. The van der Waals surface area contributed by atoms with Gasteiger partial charge in [-0.1, -0.05) is 23.8 Å². The molecule has 7 heteroatoms. The molecule has 1 aromatic carbocycles. The largest absolute Gasteiger partial charge is 0.383 e. The van der Waals surface area contributed by atoms with E-state index in [0.717, 1.165) is 11.1 Å². The Hall–Kier alpha value is -1.99. The van der Waals surface area contributed by atoms with Crippen LogP contribution in [0.3, 0.4) is 0 Å². The Morgan fingerprint density at radius 1 is 1.55 bits per heavy atom. The Balaban J connectivity index is 2.20. The number of nitrogens with zero attached hydrogens (tertiary/aromatic N) is 2. The van der Waals surface area contributed by atoms with E-state index in [1.54, 1.807) is 11.7 Å². The number of carbonyl (C=O) groups is 1. The van der Waals surface area contributed by atoms with Gasteiger partial charge in [0.05, 0.1) is 6.61 Å². The summed E-state index contributed by atoms with van der Waals surface area (Å²) < 4.78 is 7.12. The minimum absolute atomic E-state index is 0.0546. The number of rotatable bonds is 6. The maximum atomic E-state index is 12.1. The highest BCUT2D eigenvalue weighted by Crippen LogP contribution is 2.18. The molecule has 118 valence electrons. The Bertz CT molecular complexity index is 708. The van der Waals surface area contributed by atoms with E-state index in [9.17, 15) is 4.79 Å². The lowest BCUT2D eigenvalue weighted by Crippen LogP contribution is -2.37. The van der Waals surface area contributed by atoms with Crippen molar-refractivity contribution in [3.63, 3.8) is 0 Å². The Morgan fingerprint density at radius 3 is 3.00 bits per heavy atom. The molecule has 0 spiro atoms. The molecule has 2 N–H and O–H groups in total. The predicted molar refractivity (Wildman–Crippen MR) is 87.1 cm³/mol. The number of H-pyrrole nitrogens is 1. The van der Waals surface area contributed by atoms with Crippen LogP contribution in [0.2, 0.25) is 0 Å². The van der Waals surface area contributed by atoms with Crippen LogP contribution >= 0.6 is 12.2 Å². The van der Waals surface area contributed by atoms with Crippen LogP contribution in [0.4, 0.5) is 0 Å². The van der Waals surface area contributed by atoms with Crippen molar-refractivity contribution < 1.29 is 9.53 Å². The number of ether oxygens (including phenoxy) is 1. The van der Waals surface area contributed by atoms with Gasteiger partial charge >= 0.3 is 0 Å². The molecule has 0 unspecified atom stereocenters. The second kappa shape index (κ2) is 7.33. The first-order valence-corrected chi connectivity index (χ1v) is 7.42. The average molecular weight is 320 g/mol. The first-order chi connectivity index (χ1) is 10.5. The maximum absolute atomic E-state index is 12.1. The highest BCUT2D eigenvalue weighted by molar-refractivity contribution is 7.71. The molecule has 0 bridgehead atoms. The van der Waals surface area contributed by atoms with Gasteiger partial charge < -0.3 is 10.1 Å². The van der Waals surface area contributed by atoms with Crippen LogP contribution in [0.1, 0.15) is 12.5 Å². The van der Waals surface area contributed by atoms with Gasteiger partial charge in [0, 0.05) is 18.7 Å². The first kappa shape index (κ1) is 16.4. The van der Waals surface area contributed by atoms with Crippen molar-refractivity contribution in [3.05, 3.63) is 34.6 Å². The zero-order valence-electron chi connectivity index (χ0n) is 12.9. The van der Waals surface area contributed by atoms with Gasteiger partial charge in [0.1, 0.15) is 6.54 Å². The molecule has 2 aromatic rings. The zero-order chi connectivity index (χ0) is 16.1.